The molecule has 7 heteroatoms. The number of hydrogen-bond acceptors (Lipinski definition) is 4. The molecule has 1 heterocycles. The summed E-state index contributed by atoms with van der Waals surface area (Å²) in [6.45, 7) is 2.28. The van der Waals surface area contributed by atoms with Gasteiger partial charge in [0.1, 0.15) is 0 Å². The average Bonchev–Trinajstić information content (AvgIpc) is 2.50. The molecular weight excluding hydrogens is 308 g/mol. The highest BCUT2D eigenvalue weighted by molar-refractivity contribution is 6.33. The van der Waals surface area contributed by atoms with E-state index in [4.69, 9.17) is 21.4 Å². The molecule has 22 heavy (non-hydrogen) atoms. The third-order valence-electron chi connectivity index (χ3n) is 3.74. The van der Waals surface area contributed by atoms with E-state index in [0.29, 0.717) is 38.2 Å². The highest BCUT2D eigenvalue weighted by Gasteiger charge is 2.27. The van der Waals surface area contributed by atoms with Gasteiger partial charge in [0.2, 0.25) is 5.88 Å². The fourth-order valence-corrected chi connectivity index (χ4v) is 2.74. The smallest absolute Gasteiger partial charge is 0.306 e. The van der Waals surface area contributed by atoms with Gasteiger partial charge in [0.25, 0.3) is 5.91 Å². The summed E-state index contributed by atoms with van der Waals surface area (Å²) in [7, 11) is 0. The van der Waals surface area contributed by atoms with Gasteiger partial charge in [-0.1, -0.05) is 11.6 Å². The summed E-state index contributed by atoms with van der Waals surface area (Å²) in [6.07, 6.45) is 2.43. The van der Waals surface area contributed by atoms with Crippen LogP contribution in [-0.4, -0.2) is 34.6 Å². The normalized spacial score (nSPS) is 21.2. The van der Waals surface area contributed by atoms with Crippen molar-refractivity contribution in [3.05, 3.63) is 22.8 Å². The summed E-state index contributed by atoms with van der Waals surface area (Å²) in [5.74, 6) is -1.08. The lowest BCUT2D eigenvalue weighted by atomic mass is 9.86. The molecule has 0 aliphatic heterocycles. The third-order valence-corrected chi connectivity index (χ3v) is 4.04. The zero-order valence-electron chi connectivity index (χ0n) is 12.3. The first-order valence-electron chi connectivity index (χ1n) is 7.34. The molecule has 1 saturated carbocycles. The first-order valence-corrected chi connectivity index (χ1v) is 7.72. The van der Waals surface area contributed by atoms with Crippen molar-refractivity contribution in [1.82, 2.24) is 10.3 Å². The van der Waals surface area contributed by atoms with Gasteiger partial charge in [-0.15, -0.1) is 0 Å². The number of aliphatic carboxylic acids is 1. The Hall–Kier alpha value is -1.82. The number of hydrogen-bond donors (Lipinski definition) is 2. The average molecular weight is 327 g/mol. The van der Waals surface area contributed by atoms with Crippen LogP contribution >= 0.6 is 11.6 Å². The largest absolute Gasteiger partial charge is 0.481 e. The molecular formula is C15H19ClN2O4. The number of halogens is 1. The summed E-state index contributed by atoms with van der Waals surface area (Å²) >= 11 is 6.02. The van der Waals surface area contributed by atoms with Crippen LogP contribution < -0.4 is 10.1 Å². The second kappa shape index (κ2) is 7.45. The maximum Gasteiger partial charge on any atom is 0.306 e. The molecule has 2 rings (SSSR count). The molecule has 1 aromatic heterocycles. The van der Waals surface area contributed by atoms with Crippen molar-refractivity contribution in [1.29, 1.82) is 0 Å². The predicted molar refractivity (Wildman–Crippen MR) is 81.3 cm³/mol. The zero-order chi connectivity index (χ0) is 16.1. The summed E-state index contributed by atoms with van der Waals surface area (Å²) in [5, 5.41) is 12.1. The van der Waals surface area contributed by atoms with Crippen molar-refractivity contribution >= 4 is 23.5 Å². The number of nitrogens with one attached hydrogen (secondary N) is 1. The topological polar surface area (TPSA) is 88.5 Å². The van der Waals surface area contributed by atoms with Crippen LogP contribution in [0.4, 0.5) is 0 Å². The van der Waals surface area contributed by atoms with Gasteiger partial charge in [0.05, 0.1) is 17.5 Å². The Morgan fingerprint density at radius 2 is 2.05 bits per heavy atom. The number of rotatable bonds is 5. The van der Waals surface area contributed by atoms with E-state index in [1.54, 1.807) is 12.1 Å². The predicted octanol–water partition coefficient (Wildman–Crippen LogP) is 2.51. The van der Waals surface area contributed by atoms with Crippen LogP contribution in [0.25, 0.3) is 0 Å². The van der Waals surface area contributed by atoms with Crippen LogP contribution in [0.15, 0.2) is 12.1 Å². The van der Waals surface area contributed by atoms with Gasteiger partial charge in [0.15, 0.2) is 5.69 Å². The maximum absolute atomic E-state index is 12.3. The first kappa shape index (κ1) is 16.5. The van der Waals surface area contributed by atoms with Gasteiger partial charge < -0.3 is 15.2 Å². The van der Waals surface area contributed by atoms with Crippen LogP contribution in [0.5, 0.6) is 5.88 Å². The van der Waals surface area contributed by atoms with E-state index >= 15 is 0 Å². The van der Waals surface area contributed by atoms with Crippen molar-refractivity contribution in [2.75, 3.05) is 6.61 Å². The van der Waals surface area contributed by atoms with Gasteiger partial charge in [0, 0.05) is 12.1 Å². The van der Waals surface area contributed by atoms with E-state index in [1.807, 2.05) is 6.92 Å². The lowest BCUT2D eigenvalue weighted by Gasteiger charge is -2.26. The molecule has 0 atom stereocenters. The second-order valence-corrected chi connectivity index (χ2v) is 5.68. The third kappa shape index (κ3) is 4.10. The number of carboxylic acid groups (broad SMARTS) is 1. The minimum absolute atomic E-state index is 0.0447. The Labute approximate surface area is 133 Å². The Morgan fingerprint density at radius 3 is 2.64 bits per heavy atom. The molecule has 0 saturated heterocycles. The number of pyridine rings is 1. The number of nitrogens with zero attached hydrogens (tertiary/aromatic N) is 1. The molecule has 1 fully saturated rings. The minimum Gasteiger partial charge on any atom is -0.481 e. The van der Waals surface area contributed by atoms with Gasteiger partial charge in [-0.2, -0.15) is 0 Å². The Kier molecular flexibility index (Phi) is 5.60. The molecule has 0 bridgehead atoms. The first-order chi connectivity index (χ1) is 10.5. The van der Waals surface area contributed by atoms with Gasteiger partial charge >= 0.3 is 5.97 Å². The van der Waals surface area contributed by atoms with E-state index in [9.17, 15) is 9.59 Å². The summed E-state index contributed by atoms with van der Waals surface area (Å²) in [4.78, 5) is 27.3. The van der Waals surface area contributed by atoms with E-state index in [2.05, 4.69) is 10.3 Å². The van der Waals surface area contributed by atoms with Gasteiger partial charge in [-0.25, -0.2) is 4.98 Å². The van der Waals surface area contributed by atoms with Gasteiger partial charge in [-0.3, -0.25) is 9.59 Å². The summed E-state index contributed by atoms with van der Waals surface area (Å²) in [5.41, 5.74) is 0.132. The number of aromatic nitrogens is 1. The molecule has 0 radical (unpaired) electrons. The van der Waals surface area contributed by atoms with Gasteiger partial charge in [-0.05, 0) is 38.7 Å². The van der Waals surface area contributed by atoms with E-state index in [0.717, 1.165) is 0 Å². The fourth-order valence-electron chi connectivity index (χ4n) is 2.55. The molecule has 1 aromatic rings. The minimum atomic E-state index is -0.765. The summed E-state index contributed by atoms with van der Waals surface area (Å²) < 4.78 is 5.27. The van der Waals surface area contributed by atoms with Crippen LogP contribution in [0.1, 0.15) is 43.1 Å². The standard InChI is InChI=1S/C15H19ClN2O4/c1-2-22-12-8-7-11(16)13(18-12)14(19)17-10-5-3-9(4-6-10)15(20)21/h7-10H,2-6H2,1H3,(H,17,19)(H,20,21). The van der Waals surface area contributed by atoms with E-state index in [-0.39, 0.29) is 28.6 Å². The lowest BCUT2D eigenvalue weighted by Crippen LogP contribution is -2.39. The number of carbonyl (C=O) groups excluding carboxylic acids is 1. The molecule has 0 aromatic carbocycles. The highest BCUT2D eigenvalue weighted by atomic mass is 35.5. The number of carboxylic acids is 1. The quantitative estimate of drug-likeness (QED) is 0.868. The van der Waals surface area contributed by atoms with E-state index in [1.165, 1.54) is 0 Å². The molecule has 0 unspecified atom stereocenters. The number of ether oxygens (including phenoxy) is 1. The van der Waals surface area contributed by atoms with Crippen LogP contribution in [0, 0.1) is 5.92 Å². The Morgan fingerprint density at radius 1 is 1.36 bits per heavy atom. The monoisotopic (exact) mass is 326 g/mol. The number of amides is 1. The molecule has 0 spiro atoms. The zero-order valence-corrected chi connectivity index (χ0v) is 13.1. The lowest BCUT2D eigenvalue weighted by molar-refractivity contribution is -0.142. The second-order valence-electron chi connectivity index (χ2n) is 5.27. The fraction of sp³-hybridized carbons (Fsp3) is 0.533. The highest BCUT2D eigenvalue weighted by Crippen LogP contribution is 2.25. The van der Waals surface area contributed by atoms with Crippen LogP contribution in [-0.2, 0) is 4.79 Å². The molecule has 2 N–H and O–H groups in total. The van der Waals surface area contributed by atoms with Crippen LogP contribution in [0.2, 0.25) is 5.02 Å². The molecule has 1 aliphatic rings. The van der Waals surface area contributed by atoms with E-state index < -0.39 is 5.97 Å². The van der Waals surface area contributed by atoms with Crippen molar-refractivity contribution in [2.45, 2.75) is 38.6 Å². The van der Waals surface area contributed by atoms with Crippen molar-refractivity contribution in [2.24, 2.45) is 5.92 Å². The Bertz CT molecular complexity index is 556. The molecule has 1 aliphatic carbocycles. The van der Waals surface area contributed by atoms with Crippen molar-refractivity contribution in [3.63, 3.8) is 0 Å². The molecule has 120 valence electrons. The van der Waals surface area contributed by atoms with Crippen molar-refractivity contribution in [3.8, 4) is 5.88 Å². The molecule has 6 nitrogen and oxygen atoms in total. The molecule has 1 amide bonds. The van der Waals surface area contributed by atoms with Crippen molar-refractivity contribution < 1.29 is 19.4 Å². The number of carbonyl (C=O) groups is 2. The summed E-state index contributed by atoms with van der Waals surface area (Å²) in [6, 6.07) is 3.15. The SMILES string of the molecule is CCOc1ccc(Cl)c(C(=O)NC2CCC(C(=O)O)CC2)n1. The Balaban J connectivity index is 1.98. The van der Waals surface area contributed by atoms with Crippen LogP contribution in [0.3, 0.4) is 0 Å². The maximum atomic E-state index is 12.3.